The normalized spacial score (nSPS) is 24.4. The second-order valence-electron chi connectivity index (χ2n) is 5.62. The summed E-state index contributed by atoms with van der Waals surface area (Å²) in [5, 5.41) is 2.11. The maximum absolute atomic E-state index is 6.89. The fourth-order valence-corrected chi connectivity index (χ4v) is 4.72. The van der Waals surface area contributed by atoms with E-state index in [-0.39, 0.29) is 15.7 Å². The van der Waals surface area contributed by atoms with Crippen molar-refractivity contribution in [1.82, 2.24) is 0 Å². The Balaban J connectivity index is 2.43. The topological polar surface area (TPSA) is 9.23 Å². The van der Waals surface area contributed by atoms with Gasteiger partial charge in [-0.25, -0.2) is 0 Å². The first kappa shape index (κ1) is 12.4. The average molecular weight is 259 g/mol. The second-order valence-corrected chi connectivity index (χ2v) is 7.10. The molecule has 0 atom stereocenters. The predicted molar refractivity (Wildman–Crippen MR) is 70.1 cm³/mol. The van der Waals surface area contributed by atoms with E-state index in [4.69, 9.17) is 16.3 Å². The molecule has 16 heavy (non-hydrogen) atoms. The summed E-state index contributed by atoms with van der Waals surface area (Å²) in [5.74, 6) is 0. The fourth-order valence-electron chi connectivity index (χ4n) is 2.72. The van der Waals surface area contributed by atoms with Crippen LogP contribution in [-0.2, 0) is 16.2 Å². The largest absolute Gasteiger partial charge is 0.380 e. The fraction of sp³-hybridized carbons (Fsp3) is 0.692. The zero-order valence-corrected chi connectivity index (χ0v) is 12.1. The number of hydrogen-bond donors (Lipinski definition) is 0. The molecule has 2 rings (SSSR count). The monoisotopic (exact) mass is 258 g/mol. The van der Waals surface area contributed by atoms with Gasteiger partial charge in [0.1, 0.15) is 0 Å². The highest BCUT2D eigenvalue weighted by molar-refractivity contribution is 7.10. The van der Waals surface area contributed by atoms with E-state index < -0.39 is 0 Å². The van der Waals surface area contributed by atoms with Crippen LogP contribution in [0, 0.1) is 10.8 Å². The number of thiophene rings is 1. The van der Waals surface area contributed by atoms with E-state index in [9.17, 15) is 0 Å². The zero-order valence-electron chi connectivity index (χ0n) is 10.6. The van der Waals surface area contributed by atoms with Crippen LogP contribution in [0.25, 0.3) is 0 Å². The maximum atomic E-state index is 6.89. The standard InChI is InChI=1S/C13H19ClOS/c1-11(2)12(3,4)13(11,14)10-9(8-15-5)6-7-16-10/h6-7H,8H2,1-5H3. The van der Waals surface area contributed by atoms with E-state index in [1.54, 1.807) is 18.4 Å². The predicted octanol–water partition coefficient (Wildman–Crippen LogP) is 4.39. The smallest absolute Gasteiger partial charge is 0.0903 e. The Hall–Kier alpha value is -0.0500. The molecule has 1 heterocycles. The van der Waals surface area contributed by atoms with Crippen LogP contribution in [-0.4, -0.2) is 7.11 Å². The van der Waals surface area contributed by atoms with E-state index in [1.165, 1.54) is 10.4 Å². The summed E-state index contributed by atoms with van der Waals surface area (Å²) >= 11 is 8.64. The molecular weight excluding hydrogens is 240 g/mol. The van der Waals surface area contributed by atoms with Gasteiger partial charge in [0.15, 0.2) is 0 Å². The van der Waals surface area contributed by atoms with Gasteiger partial charge in [-0.2, -0.15) is 0 Å². The highest BCUT2D eigenvalue weighted by atomic mass is 35.5. The number of rotatable bonds is 3. The molecule has 0 amide bonds. The third-order valence-electron chi connectivity index (χ3n) is 4.58. The van der Waals surface area contributed by atoms with Crippen molar-refractivity contribution in [3.63, 3.8) is 0 Å². The van der Waals surface area contributed by atoms with Gasteiger partial charge in [-0.05, 0) is 27.8 Å². The zero-order chi connectivity index (χ0) is 12.2. The summed E-state index contributed by atoms with van der Waals surface area (Å²) in [4.78, 5) is 1.05. The summed E-state index contributed by atoms with van der Waals surface area (Å²) < 4.78 is 5.23. The minimum absolute atomic E-state index is 0.134. The van der Waals surface area contributed by atoms with Crippen molar-refractivity contribution in [2.45, 2.75) is 39.2 Å². The van der Waals surface area contributed by atoms with E-state index >= 15 is 0 Å². The minimum Gasteiger partial charge on any atom is -0.380 e. The number of hydrogen-bond acceptors (Lipinski definition) is 2. The van der Waals surface area contributed by atoms with Crippen LogP contribution in [0.1, 0.15) is 38.1 Å². The van der Waals surface area contributed by atoms with Crippen LogP contribution in [0.2, 0.25) is 0 Å². The summed E-state index contributed by atoms with van der Waals surface area (Å²) in [6.45, 7) is 9.64. The maximum Gasteiger partial charge on any atom is 0.0903 e. The van der Waals surface area contributed by atoms with Gasteiger partial charge in [0.2, 0.25) is 0 Å². The molecule has 1 aromatic heterocycles. The Kier molecular flexibility index (Phi) is 2.69. The van der Waals surface area contributed by atoms with Gasteiger partial charge in [-0.3, -0.25) is 0 Å². The van der Waals surface area contributed by atoms with Crippen molar-refractivity contribution in [2.75, 3.05) is 7.11 Å². The molecule has 1 fully saturated rings. The minimum atomic E-state index is -0.234. The molecule has 0 aliphatic heterocycles. The molecule has 0 bridgehead atoms. The summed E-state index contributed by atoms with van der Waals surface area (Å²) in [6.07, 6.45) is 0. The Morgan fingerprint density at radius 2 is 1.81 bits per heavy atom. The molecule has 90 valence electrons. The number of ether oxygens (including phenoxy) is 1. The number of alkyl halides is 1. The molecule has 0 saturated heterocycles. The lowest BCUT2D eigenvalue weighted by Gasteiger charge is -2.14. The lowest BCUT2D eigenvalue weighted by molar-refractivity contribution is 0.184. The van der Waals surface area contributed by atoms with Gasteiger partial charge in [-0.1, -0.05) is 27.7 Å². The van der Waals surface area contributed by atoms with Crippen molar-refractivity contribution < 1.29 is 4.74 Å². The lowest BCUT2D eigenvalue weighted by Crippen LogP contribution is -2.08. The van der Waals surface area contributed by atoms with Gasteiger partial charge in [-0.15, -0.1) is 22.9 Å². The molecule has 0 spiro atoms. The first-order chi connectivity index (χ1) is 7.30. The Morgan fingerprint density at radius 3 is 2.25 bits per heavy atom. The number of halogens is 1. The van der Waals surface area contributed by atoms with Crippen LogP contribution in [0.5, 0.6) is 0 Å². The molecule has 0 aromatic carbocycles. The Bertz CT molecular complexity index is 392. The van der Waals surface area contributed by atoms with Gasteiger partial charge < -0.3 is 4.74 Å². The van der Waals surface area contributed by atoms with Crippen molar-refractivity contribution in [2.24, 2.45) is 10.8 Å². The van der Waals surface area contributed by atoms with E-state index in [0.717, 1.165) is 0 Å². The van der Waals surface area contributed by atoms with Crippen molar-refractivity contribution >= 4 is 22.9 Å². The van der Waals surface area contributed by atoms with E-state index in [1.807, 2.05) is 0 Å². The lowest BCUT2D eigenvalue weighted by atomic mass is 10.0. The quantitative estimate of drug-likeness (QED) is 0.731. The molecule has 0 N–H and O–H groups in total. The molecule has 1 nitrogen and oxygen atoms in total. The van der Waals surface area contributed by atoms with Crippen LogP contribution >= 0.6 is 22.9 Å². The highest BCUT2D eigenvalue weighted by Gasteiger charge is 2.78. The molecular formula is C13H19ClOS. The van der Waals surface area contributed by atoms with Gasteiger partial charge in [0.25, 0.3) is 0 Å². The molecule has 1 aliphatic rings. The average Bonchev–Trinajstić information content (AvgIpc) is 2.63. The Morgan fingerprint density at radius 1 is 1.25 bits per heavy atom. The molecule has 0 radical (unpaired) electrons. The number of methoxy groups -OCH3 is 1. The SMILES string of the molecule is COCc1ccsc1C1(Cl)C(C)(C)C1(C)C. The molecule has 1 aliphatic carbocycles. The second kappa shape index (κ2) is 3.47. The van der Waals surface area contributed by atoms with Crippen molar-refractivity contribution in [1.29, 1.82) is 0 Å². The van der Waals surface area contributed by atoms with Gasteiger partial charge >= 0.3 is 0 Å². The molecule has 1 saturated carbocycles. The van der Waals surface area contributed by atoms with Crippen LogP contribution in [0.15, 0.2) is 11.4 Å². The van der Waals surface area contributed by atoms with Crippen LogP contribution < -0.4 is 0 Å². The highest BCUT2D eigenvalue weighted by Crippen LogP contribution is 2.81. The third kappa shape index (κ3) is 1.21. The summed E-state index contributed by atoms with van der Waals surface area (Å²) in [7, 11) is 1.73. The van der Waals surface area contributed by atoms with E-state index in [0.29, 0.717) is 6.61 Å². The van der Waals surface area contributed by atoms with Crippen molar-refractivity contribution in [3.05, 3.63) is 21.9 Å². The van der Waals surface area contributed by atoms with E-state index in [2.05, 4.69) is 39.1 Å². The van der Waals surface area contributed by atoms with Crippen LogP contribution in [0.4, 0.5) is 0 Å². The molecule has 0 unspecified atom stereocenters. The van der Waals surface area contributed by atoms with Crippen molar-refractivity contribution in [3.8, 4) is 0 Å². The molecule has 3 heteroatoms. The van der Waals surface area contributed by atoms with Gasteiger partial charge in [0, 0.05) is 12.0 Å². The first-order valence-electron chi connectivity index (χ1n) is 5.55. The summed E-state index contributed by atoms with van der Waals surface area (Å²) in [6, 6.07) is 2.12. The van der Waals surface area contributed by atoms with Gasteiger partial charge in [0.05, 0.1) is 11.5 Å². The third-order valence-corrected chi connectivity index (χ3v) is 6.90. The summed E-state index contributed by atoms with van der Waals surface area (Å²) in [5.41, 5.74) is 1.50. The first-order valence-corrected chi connectivity index (χ1v) is 6.81. The Labute approximate surface area is 107 Å². The molecule has 1 aromatic rings. The van der Waals surface area contributed by atoms with Crippen LogP contribution in [0.3, 0.4) is 0 Å².